The Balaban J connectivity index is 1.44. The molecule has 1 heterocycles. The number of nitrogens with zero attached hydrogens (tertiary/aromatic N) is 3. The molecular formula is C40H48Cl2F2N3O4S2+. The second kappa shape index (κ2) is 16.4. The lowest BCUT2D eigenvalue weighted by Crippen LogP contribution is -2.35. The molecule has 7 nitrogen and oxygen atoms in total. The summed E-state index contributed by atoms with van der Waals surface area (Å²) in [4.78, 5) is 17.1. The smallest absolute Gasteiger partial charge is 0.306 e. The zero-order chi connectivity index (χ0) is 38.9. The molecule has 53 heavy (non-hydrogen) atoms. The molecule has 13 heteroatoms. The number of hydrogen-bond donors (Lipinski definition) is 1. The quantitative estimate of drug-likeness (QED) is 0.0650. The average Bonchev–Trinajstić information content (AvgIpc) is 3.64. The van der Waals surface area contributed by atoms with Gasteiger partial charge in [0.25, 0.3) is 0 Å². The predicted octanol–water partition coefficient (Wildman–Crippen LogP) is 9.94. The summed E-state index contributed by atoms with van der Waals surface area (Å²) in [5.74, 6) is -2.10. The Morgan fingerprint density at radius 1 is 1.11 bits per heavy atom. The van der Waals surface area contributed by atoms with E-state index in [2.05, 4.69) is 21.1 Å². The SMILES string of the molecule is CCC(C(=O)O)C1CC1(CCCC[N+](C)(C)C)S(=O)c1cc(F)c(CSc2ncc(C(C)(C)c3ccc(Cl)c(OC)c3)n2-c2ccc(F)cc2)c(Cl)c1. The number of benzene rings is 3. The van der Waals surface area contributed by atoms with Crippen molar-refractivity contribution in [2.24, 2.45) is 11.8 Å². The van der Waals surface area contributed by atoms with Crippen LogP contribution < -0.4 is 4.74 Å². The molecule has 0 spiro atoms. The summed E-state index contributed by atoms with van der Waals surface area (Å²) in [5.41, 5.74) is 1.99. The number of quaternary nitrogens is 1. The standard InChI is InChI=1S/C40H47Cl2F2N3O4S2/c1-8-29(37(48)49)31-22-40(31,17-9-10-18-47(4,5)6)53(50)28-20-33(42)30(34(44)21-28)24-52-38-45-23-36(46(38)27-14-12-26(43)13-15-27)39(2,3)25-11-16-32(41)35(19-25)51-7/h11-16,19-21,23,29,31H,8-10,17-18,22,24H2,1-7H3/p+1. The molecule has 1 saturated carbocycles. The summed E-state index contributed by atoms with van der Waals surface area (Å²) in [6.07, 6.45) is 5.00. The van der Waals surface area contributed by atoms with E-state index in [1.165, 1.54) is 30.0 Å². The number of ether oxygens (including phenoxy) is 1. The molecule has 1 aromatic heterocycles. The van der Waals surface area contributed by atoms with Crippen molar-refractivity contribution >= 4 is 51.7 Å². The van der Waals surface area contributed by atoms with Gasteiger partial charge in [-0.2, -0.15) is 0 Å². The van der Waals surface area contributed by atoms with E-state index in [0.717, 1.165) is 35.1 Å². The second-order valence-electron chi connectivity index (χ2n) is 15.3. The van der Waals surface area contributed by atoms with Crippen LogP contribution in [0.5, 0.6) is 5.75 Å². The van der Waals surface area contributed by atoms with E-state index < -0.39 is 38.7 Å². The maximum absolute atomic E-state index is 16.0. The Labute approximate surface area is 328 Å². The molecule has 3 aromatic carbocycles. The number of carboxylic acid groups (broad SMARTS) is 1. The maximum atomic E-state index is 16.0. The van der Waals surface area contributed by atoms with Crippen LogP contribution in [-0.4, -0.2) is 68.9 Å². The minimum atomic E-state index is -1.67. The van der Waals surface area contributed by atoms with Gasteiger partial charge in [0.2, 0.25) is 0 Å². The molecule has 4 aromatic rings. The lowest BCUT2D eigenvalue weighted by Gasteiger charge is -2.28. The third-order valence-electron chi connectivity index (χ3n) is 10.4. The van der Waals surface area contributed by atoms with Crippen LogP contribution in [0, 0.1) is 23.5 Å². The molecule has 0 amide bonds. The molecule has 1 aliphatic carbocycles. The van der Waals surface area contributed by atoms with Crippen molar-refractivity contribution in [3.05, 3.63) is 99.3 Å². The van der Waals surface area contributed by atoms with Crippen molar-refractivity contribution in [2.45, 2.75) is 78.8 Å². The van der Waals surface area contributed by atoms with E-state index in [4.69, 9.17) is 32.9 Å². The fraction of sp³-hybridized carbons (Fsp3) is 0.450. The van der Waals surface area contributed by atoms with Gasteiger partial charge in [-0.25, -0.2) is 13.8 Å². The van der Waals surface area contributed by atoms with Crippen molar-refractivity contribution < 1.29 is 32.1 Å². The Hall–Kier alpha value is -2.96. The van der Waals surface area contributed by atoms with E-state index >= 15 is 4.39 Å². The topological polar surface area (TPSA) is 81.4 Å². The number of unbranched alkanes of at least 4 members (excludes halogenated alkanes) is 1. The molecule has 4 atom stereocenters. The van der Waals surface area contributed by atoms with E-state index in [1.807, 2.05) is 37.5 Å². The highest BCUT2D eigenvalue weighted by molar-refractivity contribution is 7.98. The van der Waals surface area contributed by atoms with Gasteiger partial charge in [-0.3, -0.25) is 13.6 Å². The van der Waals surface area contributed by atoms with Crippen LogP contribution in [0.1, 0.15) is 69.7 Å². The Morgan fingerprint density at radius 2 is 1.81 bits per heavy atom. The summed E-state index contributed by atoms with van der Waals surface area (Å²) in [6, 6.07) is 14.5. The molecule has 0 bridgehead atoms. The van der Waals surface area contributed by atoms with Gasteiger partial charge in [0, 0.05) is 32.3 Å². The van der Waals surface area contributed by atoms with Gasteiger partial charge in [-0.1, -0.05) is 61.8 Å². The monoisotopic (exact) mass is 806 g/mol. The second-order valence-corrected chi connectivity index (χ2v) is 18.9. The van der Waals surface area contributed by atoms with E-state index in [-0.39, 0.29) is 33.0 Å². The number of aliphatic carboxylic acids is 1. The number of carboxylic acids is 1. The highest BCUT2D eigenvalue weighted by Crippen LogP contribution is 2.58. The van der Waals surface area contributed by atoms with Crippen LogP contribution in [0.3, 0.4) is 0 Å². The van der Waals surface area contributed by atoms with Gasteiger partial charge >= 0.3 is 5.97 Å². The first kappa shape index (κ1) is 41.2. The number of imidazole rings is 1. The summed E-state index contributed by atoms with van der Waals surface area (Å²) >= 11 is 14.4. The molecule has 1 N–H and O–H groups in total. The van der Waals surface area contributed by atoms with E-state index in [9.17, 15) is 18.5 Å². The van der Waals surface area contributed by atoms with Crippen LogP contribution in [0.15, 0.2) is 70.8 Å². The number of rotatable bonds is 17. The van der Waals surface area contributed by atoms with Gasteiger partial charge in [0.1, 0.15) is 17.4 Å². The Kier molecular flexibility index (Phi) is 12.8. The summed E-state index contributed by atoms with van der Waals surface area (Å²) in [7, 11) is 6.24. The molecule has 1 aliphatic rings. The fourth-order valence-electron chi connectivity index (χ4n) is 7.17. The molecule has 0 radical (unpaired) electrons. The zero-order valence-electron chi connectivity index (χ0n) is 31.2. The lowest BCUT2D eigenvalue weighted by molar-refractivity contribution is -0.870. The van der Waals surface area contributed by atoms with Crippen molar-refractivity contribution in [1.82, 2.24) is 9.55 Å². The van der Waals surface area contributed by atoms with Crippen LogP contribution in [0.2, 0.25) is 10.0 Å². The number of hydrogen-bond acceptors (Lipinski definition) is 5. The molecule has 5 rings (SSSR count). The third-order valence-corrected chi connectivity index (χ3v) is 14.1. The maximum Gasteiger partial charge on any atom is 0.306 e. The Morgan fingerprint density at radius 3 is 2.42 bits per heavy atom. The first-order valence-electron chi connectivity index (χ1n) is 17.7. The van der Waals surface area contributed by atoms with Gasteiger partial charge < -0.3 is 14.3 Å². The predicted molar refractivity (Wildman–Crippen MR) is 210 cm³/mol. The highest BCUT2D eigenvalue weighted by atomic mass is 35.5. The van der Waals surface area contributed by atoms with Crippen molar-refractivity contribution in [2.75, 3.05) is 34.8 Å². The summed E-state index contributed by atoms with van der Waals surface area (Å²) < 4.78 is 51.8. The van der Waals surface area contributed by atoms with Crippen LogP contribution >= 0.6 is 35.0 Å². The summed E-state index contributed by atoms with van der Waals surface area (Å²) in [6.45, 7) is 6.85. The molecule has 286 valence electrons. The molecule has 0 saturated heterocycles. The average molecular weight is 808 g/mol. The zero-order valence-corrected chi connectivity index (χ0v) is 34.4. The number of carbonyl (C=O) groups is 1. The Bertz CT molecular complexity index is 1960. The highest BCUT2D eigenvalue weighted by Gasteiger charge is 2.62. The minimum absolute atomic E-state index is 0.111. The first-order chi connectivity index (χ1) is 24.9. The van der Waals surface area contributed by atoms with Gasteiger partial charge in [0.15, 0.2) is 5.16 Å². The van der Waals surface area contributed by atoms with E-state index in [1.54, 1.807) is 37.6 Å². The number of thioether (sulfide) groups is 1. The first-order valence-corrected chi connectivity index (χ1v) is 20.6. The van der Waals surface area contributed by atoms with Gasteiger partial charge in [-0.05, 0) is 92.1 Å². The minimum Gasteiger partial charge on any atom is -0.495 e. The molecule has 1 fully saturated rings. The fourth-order valence-corrected chi connectivity index (χ4v) is 10.8. The van der Waals surface area contributed by atoms with Gasteiger partial charge in [-0.15, -0.1) is 0 Å². The van der Waals surface area contributed by atoms with Crippen molar-refractivity contribution in [3.8, 4) is 11.4 Å². The molecular weight excluding hydrogens is 759 g/mol. The van der Waals surface area contributed by atoms with Gasteiger partial charge in [0.05, 0.1) is 73.2 Å². The van der Waals surface area contributed by atoms with E-state index in [0.29, 0.717) is 40.9 Å². The summed E-state index contributed by atoms with van der Waals surface area (Å²) in [5, 5.41) is 11.1. The van der Waals surface area contributed by atoms with Crippen LogP contribution in [-0.2, 0) is 26.8 Å². The molecule has 4 unspecified atom stereocenters. The van der Waals surface area contributed by atoms with Crippen LogP contribution in [0.25, 0.3) is 5.69 Å². The largest absolute Gasteiger partial charge is 0.495 e. The lowest BCUT2D eigenvalue weighted by atomic mass is 9.81. The number of halogens is 4. The number of aromatic nitrogens is 2. The van der Waals surface area contributed by atoms with Crippen molar-refractivity contribution in [1.29, 1.82) is 0 Å². The van der Waals surface area contributed by atoms with Crippen LogP contribution in [0.4, 0.5) is 8.78 Å². The van der Waals surface area contributed by atoms with Crippen molar-refractivity contribution in [3.63, 3.8) is 0 Å². The normalized spacial score (nSPS) is 18.5. The third kappa shape index (κ3) is 8.96. The molecule has 0 aliphatic heterocycles. The number of methoxy groups -OCH3 is 1.